The molecule has 0 amide bonds. The van der Waals surface area contributed by atoms with Crippen LogP contribution in [0.15, 0.2) is 17.1 Å². The van der Waals surface area contributed by atoms with Gasteiger partial charge in [0.1, 0.15) is 23.0 Å². The van der Waals surface area contributed by atoms with Gasteiger partial charge < -0.3 is 20.1 Å². The maximum Gasteiger partial charge on any atom is 0.331 e. The summed E-state index contributed by atoms with van der Waals surface area (Å²) in [4.78, 5) is 11.9. The highest BCUT2D eigenvalue weighted by molar-refractivity contribution is 7.71. The van der Waals surface area contributed by atoms with Gasteiger partial charge in [0.15, 0.2) is 6.23 Å². The Morgan fingerprint density at radius 2 is 2.11 bits per heavy atom. The zero-order chi connectivity index (χ0) is 13.4. The van der Waals surface area contributed by atoms with Gasteiger partial charge in [-0.05, 0) is 6.07 Å². The van der Waals surface area contributed by atoms with E-state index in [1.54, 1.807) is 0 Å². The Kier molecular flexibility index (Phi) is 3.64. The van der Waals surface area contributed by atoms with Crippen molar-refractivity contribution in [3.63, 3.8) is 0 Å². The number of hydrogen-bond acceptors (Lipinski definition) is 6. The van der Waals surface area contributed by atoms with Crippen LogP contribution in [0.25, 0.3) is 0 Å². The topological polar surface area (TPSA) is 96.8 Å². The molecule has 4 atom stereocenters. The third kappa shape index (κ3) is 2.02. The third-order valence-corrected chi connectivity index (χ3v) is 3.42. The van der Waals surface area contributed by atoms with Crippen molar-refractivity contribution in [1.82, 2.24) is 9.13 Å². The number of hydrogen-bond donors (Lipinski definition) is 3. The molecule has 2 unspecified atom stereocenters. The normalized spacial score (nSPS) is 31.8. The van der Waals surface area contributed by atoms with Gasteiger partial charge in [0, 0.05) is 13.2 Å². The van der Waals surface area contributed by atoms with E-state index < -0.39 is 36.8 Å². The van der Waals surface area contributed by atoms with Crippen LogP contribution in [0.1, 0.15) is 6.23 Å². The maximum absolute atomic E-state index is 11.9. The number of rotatable bonds is 2. The van der Waals surface area contributed by atoms with E-state index in [2.05, 4.69) is 0 Å². The molecule has 2 rings (SSSR count). The second kappa shape index (κ2) is 4.90. The van der Waals surface area contributed by atoms with Gasteiger partial charge in [-0.3, -0.25) is 9.13 Å². The smallest absolute Gasteiger partial charge is 0.331 e. The molecule has 100 valence electrons. The molecule has 18 heavy (non-hydrogen) atoms. The lowest BCUT2D eigenvalue weighted by Crippen LogP contribution is -2.37. The molecule has 0 aromatic carbocycles. The minimum absolute atomic E-state index is 0.350. The SMILES string of the molecule is Cn1c(=S)ccn([C@H]2O[C@@H](CO)C(O)C2O)c1=O. The van der Waals surface area contributed by atoms with Crippen LogP contribution >= 0.6 is 12.2 Å². The zero-order valence-corrected chi connectivity index (χ0v) is 10.4. The summed E-state index contributed by atoms with van der Waals surface area (Å²) in [6.07, 6.45) is -3.07. The average Bonchev–Trinajstić information content (AvgIpc) is 2.64. The largest absolute Gasteiger partial charge is 0.394 e. The summed E-state index contributed by atoms with van der Waals surface area (Å²) in [5.74, 6) is 0. The van der Waals surface area contributed by atoms with Crippen LogP contribution in [0, 0.1) is 4.64 Å². The van der Waals surface area contributed by atoms with Gasteiger partial charge in [0.25, 0.3) is 0 Å². The lowest BCUT2D eigenvalue weighted by atomic mass is 10.1. The van der Waals surface area contributed by atoms with Gasteiger partial charge in [-0.2, -0.15) is 0 Å². The molecule has 1 aromatic heterocycles. The van der Waals surface area contributed by atoms with Crippen LogP contribution in [0.5, 0.6) is 0 Å². The van der Waals surface area contributed by atoms with E-state index in [0.29, 0.717) is 4.64 Å². The molecule has 1 aliphatic rings. The third-order valence-electron chi connectivity index (χ3n) is 3.01. The second-order valence-electron chi connectivity index (χ2n) is 4.13. The maximum atomic E-state index is 11.9. The Labute approximate surface area is 107 Å². The van der Waals surface area contributed by atoms with Gasteiger partial charge in [0.2, 0.25) is 0 Å². The Morgan fingerprint density at radius 1 is 1.44 bits per heavy atom. The van der Waals surface area contributed by atoms with Crippen molar-refractivity contribution in [2.45, 2.75) is 24.5 Å². The van der Waals surface area contributed by atoms with Crippen molar-refractivity contribution in [3.05, 3.63) is 27.4 Å². The quantitative estimate of drug-likeness (QED) is 0.570. The lowest BCUT2D eigenvalue weighted by Gasteiger charge is -2.18. The molecule has 1 aromatic rings. The minimum Gasteiger partial charge on any atom is -0.394 e. The van der Waals surface area contributed by atoms with Crippen LogP contribution in [0.3, 0.4) is 0 Å². The van der Waals surface area contributed by atoms with Crippen molar-refractivity contribution in [2.75, 3.05) is 6.61 Å². The van der Waals surface area contributed by atoms with E-state index in [1.165, 1.54) is 23.9 Å². The molecule has 0 radical (unpaired) electrons. The Bertz CT molecular complexity index is 554. The standard InChI is InChI=1S/C10H14N2O5S/c1-11-6(18)2-3-12(10(11)16)9-8(15)7(14)5(4-13)17-9/h2-3,5,7-9,13-15H,4H2,1H3/t5-,7?,8?,9-/m0/s1. The number of nitrogens with zero attached hydrogens (tertiary/aromatic N) is 2. The molecule has 2 heterocycles. The first kappa shape index (κ1) is 13.4. The molecule has 8 heteroatoms. The van der Waals surface area contributed by atoms with Crippen LogP contribution < -0.4 is 5.69 Å². The van der Waals surface area contributed by atoms with Crippen molar-refractivity contribution in [2.24, 2.45) is 7.05 Å². The van der Waals surface area contributed by atoms with Crippen molar-refractivity contribution >= 4 is 12.2 Å². The van der Waals surface area contributed by atoms with E-state index in [4.69, 9.17) is 22.1 Å². The fourth-order valence-corrected chi connectivity index (χ4v) is 2.03. The van der Waals surface area contributed by atoms with Crippen molar-refractivity contribution < 1.29 is 20.1 Å². The minimum atomic E-state index is -1.28. The van der Waals surface area contributed by atoms with Crippen molar-refractivity contribution in [3.8, 4) is 0 Å². The summed E-state index contributed by atoms with van der Waals surface area (Å²) in [6, 6.07) is 1.52. The molecule has 3 N–H and O–H groups in total. The molecular weight excluding hydrogens is 260 g/mol. The van der Waals surface area contributed by atoms with Gasteiger partial charge >= 0.3 is 5.69 Å². The van der Waals surface area contributed by atoms with Crippen LogP contribution in [0.4, 0.5) is 0 Å². The fourth-order valence-electron chi connectivity index (χ4n) is 1.89. The summed E-state index contributed by atoms with van der Waals surface area (Å²) < 4.78 is 7.98. The Hall–Kier alpha value is -1.06. The molecule has 0 bridgehead atoms. The molecule has 7 nitrogen and oxygen atoms in total. The summed E-state index contributed by atoms with van der Waals surface area (Å²) >= 11 is 4.93. The van der Waals surface area contributed by atoms with E-state index in [0.717, 1.165) is 4.57 Å². The average molecular weight is 274 g/mol. The molecule has 1 saturated heterocycles. The van der Waals surface area contributed by atoms with Gasteiger partial charge in [-0.15, -0.1) is 0 Å². The first-order valence-electron chi connectivity index (χ1n) is 5.38. The summed E-state index contributed by atoms with van der Waals surface area (Å²) in [6.45, 7) is -0.436. The highest BCUT2D eigenvalue weighted by Crippen LogP contribution is 2.27. The zero-order valence-electron chi connectivity index (χ0n) is 9.63. The van der Waals surface area contributed by atoms with Gasteiger partial charge in [-0.1, -0.05) is 12.2 Å². The molecule has 0 saturated carbocycles. The predicted octanol–water partition coefficient (Wildman–Crippen LogP) is -1.47. The van der Waals surface area contributed by atoms with E-state index in [-0.39, 0.29) is 0 Å². The number of aliphatic hydroxyl groups is 3. The van der Waals surface area contributed by atoms with Crippen LogP contribution in [0.2, 0.25) is 0 Å². The summed E-state index contributed by atoms with van der Waals surface area (Å²) in [7, 11) is 1.50. The molecule has 0 spiro atoms. The number of aromatic nitrogens is 2. The second-order valence-corrected chi connectivity index (χ2v) is 4.55. The highest BCUT2D eigenvalue weighted by Gasteiger charge is 2.43. The lowest BCUT2D eigenvalue weighted by molar-refractivity contribution is -0.0554. The predicted molar refractivity (Wildman–Crippen MR) is 63.5 cm³/mol. The first-order chi connectivity index (χ1) is 8.47. The van der Waals surface area contributed by atoms with Gasteiger partial charge in [0.05, 0.1) is 6.61 Å². The van der Waals surface area contributed by atoms with E-state index in [9.17, 15) is 15.0 Å². The Morgan fingerprint density at radius 3 is 2.67 bits per heavy atom. The van der Waals surface area contributed by atoms with Crippen LogP contribution in [-0.4, -0.2) is 49.4 Å². The van der Waals surface area contributed by atoms with Gasteiger partial charge in [-0.25, -0.2) is 4.79 Å². The first-order valence-corrected chi connectivity index (χ1v) is 5.79. The molecular formula is C10H14N2O5S. The monoisotopic (exact) mass is 274 g/mol. The summed E-state index contributed by atoms with van der Waals surface area (Å²) in [5, 5.41) is 28.4. The highest BCUT2D eigenvalue weighted by atomic mass is 32.1. The van der Waals surface area contributed by atoms with Crippen LogP contribution in [-0.2, 0) is 11.8 Å². The fraction of sp³-hybridized carbons (Fsp3) is 0.600. The molecule has 1 aliphatic heterocycles. The van der Waals surface area contributed by atoms with E-state index >= 15 is 0 Å². The van der Waals surface area contributed by atoms with Crippen molar-refractivity contribution in [1.29, 1.82) is 0 Å². The summed E-state index contributed by atoms with van der Waals surface area (Å²) in [5.41, 5.74) is -0.461. The Balaban J connectivity index is 2.42. The molecule has 0 aliphatic carbocycles. The number of aliphatic hydroxyl groups excluding tert-OH is 3. The van der Waals surface area contributed by atoms with E-state index in [1.807, 2.05) is 0 Å². The molecule has 1 fully saturated rings. The number of ether oxygens (including phenoxy) is 1.